The molecule has 0 aromatic heterocycles. The topological polar surface area (TPSA) is 84.9 Å². The molecule has 1 saturated heterocycles. The molecule has 3 aromatic carbocycles. The monoisotopic (exact) mass is 504 g/mol. The summed E-state index contributed by atoms with van der Waals surface area (Å²) >= 11 is 6.54. The SMILES string of the molecule is CCOc1cc(/C=C2\C(=O)NC(=O)N(c3ccccc3C)C2=O)cc(Cl)c1OCc1ccc(C)cc1. The minimum Gasteiger partial charge on any atom is -0.490 e. The molecule has 0 spiro atoms. The lowest BCUT2D eigenvalue weighted by atomic mass is 10.1. The molecular formula is C28H25ClN2O5. The summed E-state index contributed by atoms with van der Waals surface area (Å²) in [5.74, 6) is -0.785. The Labute approximate surface area is 214 Å². The van der Waals surface area contributed by atoms with Crippen LogP contribution in [-0.2, 0) is 16.2 Å². The van der Waals surface area contributed by atoms with Crippen molar-refractivity contribution in [1.29, 1.82) is 0 Å². The van der Waals surface area contributed by atoms with Crippen molar-refractivity contribution in [1.82, 2.24) is 5.32 Å². The van der Waals surface area contributed by atoms with Crippen LogP contribution in [0.25, 0.3) is 6.08 Å². The van der Waals surface area contributed by atoms with Crippen molar-refractivity contribution in [3.8, 4) is 11.5 Å². The van der Waals surface area contributed by atoms with Crippen molar-refractivity contribution in [2.75, 3.05) is 11.5 Å². The molecule has 184 valence electrons. The van der Waals surface area contributed by atoms with E-state index in [0.717, 1.165) is 16.0 Å². The first-order chi connectivity index (χ1) is 17.3. The van der Waals surface area contributed by atoms with Gasteiger partial charge in [-0.25, -0.2) is 9.69 Å². The molecule has 8 heteroatoms. The van der Waals surface area contributed by atoms with E-state index in [4.69, 9.17) is 21.1 Å². The summed E-state index contributed by atoms with van der Waals surface area (Å²) in [5.41, 5.74) is 3.47. The summed E-state index contributed by atoms with van der Waals surface area (Å²) in [4.78, 5) is 39.3. The van der Waals surface area contributed by atoms with E-state index in [2.05, 4.69) is 5.32 Å². The van der Waals surface area contributed by atoms with E-state index in [1.165, 1.54) is 6.08 Å². The zero-order valence-corrected chi connectivity index (χ0v) is 20.9. The molecule has 0 aliphatic carbocycles. The summed E-state index contributed by atoms with van der Waals surface area (Å²) in [6.07, 6.45) is 1.38. The minimum absolute atomic E-state index is 0.204. The van der Waals surface area contributed by atoms with E-state index in [0.29, 0.717) is 34.9 Å². The zero-order chi connectivity index (χ0) is 25.8. The first-order valence-corrected chi connectivity index (χ1v) is 11.8. The third-order valence-corrected chi connectivity index (χ3v) is 5.89. The highest BCUT2D eigenvalue weighted by molar-refractivity contribution is 6.39. The second-order valence-electron chi connectivity index (χ2n) is 8.28. The maximum absolute atomic E-state index is 13.2. The molecule has 1 aliphatic heterocycles. The van der Waals surface area contributed by atoms with Crippen LogP contribution in [0.2, 0.25) is 5.02 Å². The predicted molar refractivity (Wildman–Crippen MR) is 138 cm³/mol. The average Bonchev–Trinajstić information content (AvgIpc) is 2.83. The minimum atomic E-state index is -0.802. The number of halogens is 1. The lowest BCUT2D eigenvalue weighted by Gasteiger charge is -2.27. The van der Waals surface area contributed by atoms with Gasteiger partial charge in [0.15, 0.2) is 11.5 Å². The number of anilines is 1. The number of rotatable bonds is 7. The fourth-order valence-electron chi connectivity index (χ4n) is 3.77. The number of carbonyl (C=O) groups excluding carboxylic acids is 3. The molecule has 1 fully saturated rings. The summed E-state index contributed by atoms with van der Waals surface area (Å²) in [6.45, 7) is 6.25. The summed E-state index contributed by atoms with van der Waals surface area (Å²) in [6, 6.07) is 17.3. The van der Waals surface area contributed by atoms with Gasteiger partial charge in [0.05, 0.1) is 17.3 Å². The lowest BCUT2D eigenvalue weighted by Crippen LogP contribution is -2.54. The number of hydrogen-bond acceptors (Lipinski definition) is 5. The van der Waals surface area contributed by atoms with Gasteiger partial charge in [0.25, 0.3) is 11.8 Å². The number of aryl methyl sites for hydroxylation is 2. The number of hydrogen-bond donors (Lipinski definition) is 1. The van der Waals surface area contributed by atoms with Crippen molar-refractivity contribution >= 4 is 41.2 Å². The van der Waals surface area contributed by atoms with Crippen LogP contribution in [0.15, 0.2) is 66.2 Å². The molecule has 0 saturated carbocycles. The van der Waals surface area contributed by atoms with Gasteiger partial charge in [-0.3, -0.25) is 14.9 Å². The number of carbonyl (C=O) groups is 3. The van der Waals surface area contributed by atoms with E-state index in [1.54, 1.807) is 43.3 Å². The van der Waals surface area contributed by atoms with Gasteiger partial charge >= 0.3 is 6.03 Å². The fraction of sp³-hybridized carbons (Fsp3) is 0.179. The Hall–Kier alpha value is -4.10. The fourth-order valence-corrected chi connectivity index (χ4v) is 4.04. The van der Waals surface area contributed by atoms with Crippen molar-refractivity contribution in [3.63, 3.8) is 0 Å². The standard InChI is InChI=1S/C28H25ClN2O5/c1-4-35-24-15-20(14-22(29)25(24)36-16-19-11-9-17(2)10-12-19)13-21-26(32)30-28(34)31(27(21)33)23-8-6-5-7-18(23)3/h5-15H,4,16H2,1-3H3,(H,30,32,34)/b21-13+. The molecule has 7 nitrogen and oxygen atoms in total. The van der Waals surface area contributed by atoms with Crippen LogP contribution >= 0.6 is 11.6 Å². The lowest BCUT2D eigenvalue weighted by molar-refractivity contribution is -0.122. The van der Waals surface area contributed by atoms with Gasteiger partial charge in [-0.1, -0.05) is 59.6 Å². The van der Waals surface area contributed by atoms with E-state index < -0.39 is 17.8 Å². The van der Waals surface area contributed by atoms with Crippen LogP contribution in [0.3, 0.4) is 0 Å². The highest BCUT2D eigenvalue weighted by Crippen LogP contribution is 2.38. The van der Waals surface area contributed by atoms with Crippen LogP contribution in [0.5, 0.6) is 11.5 Å². The molecule has 3 aromatic rings. The van der Waals surface area contributed by atoms with Gasteiger partial charge in [-0.2, -0.15) is 0 Å². The van der Waals surface area contributed by atoms with Crippen LogP contribution < -0.4 is 19.7 Å². The van der Waals surface area contributed by atoms with Crippen molar-refractivity contribution in [3.05, 3.63) is 93.5 Å². The molecule has 4 amide bonds. The van der Waals surface area contributed by atoms with Crippen LogP contribution in [-0.4, -0.2) is 24.5 Å². The second-order valence-corrected chi connectivity index (χ2v) is 8.69. The second kappa shape index (κ2) is 10.7. The number of amides is 4. The highest BCUT2D eigenvalue weighted by atomic mass is 35.5. The molecule has 0 unspecified atom stereocenters. The van der Waals surface area contributed by atoms with Crippen molar-refractivity contribution in [2.45, 2.75) is 27.4 Å². The Morgan fingerprint density at radius 1 is 0.972 bits per heavy atom. The van der Waals surface area contributed by atoms with E-state index in [-0.39, 0.29) is 17.2 Å². The normalized spacial score (nSPS) is 14.7. The van der Waals surface area contributed by atoms with E-state index in [9.17, 15) is 14.4 Å². The predicted octanol–water partition coefficient (Wildman–Crippen LogP) is 5.60. The Bertz CT molecular complexity index is 1360. The Kier molecular flexibility index (Phi) is 7.41. The first-order valence-electron chi connectivity index (χ1n) is 11.4. The van der Waals surface area contributed by atoms with Gasteiger partial charge in [0.1, 0.15) is 12.2 Å². The summed E-state index contributed by atoms with van der Waals surface area (Å²) in [5, 5.41) is 2.49. The number of nitrogens with zero attached hydrogens (tertiary/aromatic N) is 1. The summed E-state index contributed by atoms with van der Waals surface area (Å²) < 4.78 is 11.7. The van der Waals surface area contributed by atoms with Crippen LogP contribution in [0.1, 0.15) is 29.2 Å². The van der Waals surface area contributed by atoms with E-state index in [1.807, 2.05) is 38.1 Å². The average molecular weight is 505 g/mol. The number of para-hydroxylation sites is 1. The van der Waals surface area contributed by atoms with Gasteiger partial charge in [-0.15, -0.1) is 0 Å². The highest BCUT2D eigenvalue weighted by Gasteiger charge is 2.37. The Morgan fingerprint density at radius 3 is 2.39 bits per heavy atom. The zero-order valence-electron chi connectivity index (χ0n) is 20.1. The van der Waals surface area contributed by atoms with Gasteiger partial charge < -0.3 is 9.47 Å². The largest absolute Gasteiger partial charge is 0.490 e. The molecule has 4 rings (SSSR count). The molecule has 1 N–H and O–H groups in total. The first kappa shape index (κ1) is 25.0. The maximum Gasteiger partial charge on any atom is 0.335 e. The molecule has 0 radical (unpaired) electrons. The van der Waals surface area contributed by atoms with Gasteiger partial charge in [0.2, 0.25) is 0 Å². The quantitative estimate of drug-likeness (QED) is 0.334. The smallest absolute Gasteiger partial charge is 0.335 e. The third-order valence-electron chi connectivity index (χ3n) is 5.60. The number of ether oxygens (including phenoxy) is 2. The number of benzene rings is 3. The molecular weight excluding hydrogens is 480 g/mol. The number of imide groups is 2. The van der Waals surface area contributed by atoms with Gasteiger partial charge in [-0.05, 0) is 61.7 Å². The summed E-state index contributed by atoms with van der Waals surface area (Å²) in [7, 11) is 0. The third kappa shape index (κ3) is 5.26. The molecule has 1 aliphatic rings. The van der Waals surface area contributed by atoms with Crippen LogP contribution in [0.4, 0.5) is 10.5 Å². The molecule has 36 heavy (non-hydrogen) atoms. The molecule has 0 bridgehead atoms. The van der Waals surface area contributed by atoms with Crippen LogP contribution in [0, 0.1) is 13.8 Å². The Balaban J connectivity index is 1.66. The molecule has 0 atom stereocenters. The Morgan fingerprint density at radius 2 is 1.69 bits per heavy atom. The number of nitrogens with one attached hydrogen (secondary N) is 1. The van der Waals surface area contributed by atoms with Crippen molar-refractivity contribution < 1.29 is 23.9 Å². The number of urea groups is 1. The number of barbiturate groups is 1. The van der Waals surface area contributed by atoms with Crippen molar-refractivity contribution in [2.24, 2.45) is 0 Å². The molecule has 1 heterocycles. The van der Waals surface area contributed by atoms with Gasteiger partial charge in [0, 0.05) is 0 Å². The van der Waals surface area contributed by atoms with E-state index >= 15 is 0 Å². The maximum atomic E-state index is 13.2.